The van der Waals surface area contributed by atoms with Gasteiger partial charge in [0.05, 0.1) is 17.3 Å². The third kappa shape index (κ3) is 3.78. The fourth-order valence-electron chi connectivity index (χ4n) is 4.81. The van der Waals surface area contributed by atoms with Crippen molar-refractivity contribution in [3.63, 3.8) is 0 Å². The van der Waals surface area contributed by atoms with Crippen molar-refractivity contribution in [3.8, 4) is 16.8 Å². The number of nitrogens with two attached hydrogens (primary N) is 1. The van der Waals surface area contributed by atoms with Gasteiger partial charge < -0.3 is 5.73 Å². The summed E-state index contributed by atoms with van der Waals surface area (Å²) in [5.74, 6) is -0.615. The Bertz CT molecular complexity index is 1470. The van der Waals surface area contributed by atoms with Crippen LogP contribution in [0.4, 0.5) is 4.39 Å². The van der Waals surface area contributed by atoms with Crippen molar-refractivity contribution in [2.24, 2.45) is 5.73 Å². The summed E-state index contributed by atoms with van der Waals surface area (Å²) >= 11 is 0. The van der Waals surface area contributed by atoms with Crippen molar-refractivity contribution in [2.45, 2.75) is 44.7 Å². The molecule has 0 unspecified atom stereocenters. The maximum atomic E-state index is 14.1. The van der Waals surface area contributed by atoms with Crippen molar-refractivity contribution in [1.82, 2.24) is 14.1 Å². The minimum absolute atomic E-state index is 0.0736. The lowest BCUT2D eigenvalue weighted by Crippen LogP contribution is -2.44. The van der Waals surface area contributed by atoms with Crippen molar-refractivity contribution in [2.75, 3.05) is 0 Å². The largest absolute Gasteiger partial charge is 0.337 e. The van der Waals surface area contributed by atoms with Gasteiger partial charge in [0.2, 0.25) is 0 Å². The lowest BCUT2D eigenvalue weighted by Gasteiger charge is -2.28. The molecule has 7 heteroatoms. The third-order valence-electron chi connectivity index (χ3n) is 6.56. The zero-order chi connectivity index (χ0) is 23.1. The number of nitrogens with zero attached hydrogens (tertiary/aromatic N) is 3. The summed E-state index contributed by atoms with van der Waals surface area (Å²) in [5.41, 5.74) is 8.88. The van der Waals surface area contributed by atoms with Crippen molar-refractivity contribution >= 4 is 11.0 Å². The molecule has 0 saturated heterocycles. The fraction of sp³-hybridized carbons (Fsp3) is 0.269. The summed E-state index contributed by atoms with van der Waals surface area (Å²) in [4.78, 5) is 31.2. The van der Waals surface area contributed by atoms with E-state index in [1.165, 1.54) is 9.13 Å². The Hall–Kier alpha value is -3.58. The van der Waals surface area contributed by atoms with Crippen LogP contribution in [0.1, 0.15) is 37.3 Å². The predicted molar refractivity (Wildman–Crippen MR) is 127 cm³/mol. The number of halogens is 1. The lowest BCUT2D eigenvalue weighted by molar-refractivity contribution is 0.309. The number of pyridine rings is 1. The molecule has 0 atom stereocenters. The van der Waals surface area contributed by atoms with Crippen LogP contribution >= 0.6 is 0 Å². The first-order valence-electron chi connectivity index (χ1n) is 11.2. The van der Waals surface area contributed by atoms with Crippen LogP contribution in [0.3, 0.4) is 0 Å². The number of benzene rings is 2. The Kier molecular flexibility index (Phi) is 5.42. The van der Waals surface area contributed by atoms with Crippen LogP contribution in [0.2, 0.25) is 0 Å². The molecule has 6 nitrogen and oxygen atoms in total. The second kappa shape index (κ2) is 8.41. The molecule has 2 aromatic heterocycles. The van der Waals surface area contributed by atoms with E-state index in [2.05, 4.69) is 4.98 Å². The number of aryl methyl sites for hydroxylation is 1. The van der Waals surface area contributed by atoms with E-state index in [1.54, 1.807) is 6.07 Å². The van der Waals surface area contributed by atoms with E-state index in [-0.39, 0.29) is 23.1 Å². The molecule has 1 aliphatic carbocycles. The number of hydrogen-bond acceptors (Lipinski definition) is 4. The van der Waals surface area contributed by atoms with Gasteiger partial charge in [-0.1, -0.05) is 36.4 Å². The smallest absolute Gasteiger partial charge is 0.328 e. The van der Waals surface area contributed by atoms with Crippen LogP contribution in [0, 0.1) is 12.7 Å². The van der Waals surface area contributed by atoms with Crippen LogP contribution in [0.15, 0.2) is 70.4 Å². The molecular weight excluding hydrogens is 419 g/mol. The molecule has 2 N–H and O–H groups in total. The second-order valence-electron chi connectivity index (χ2n) is 8.75. The number of aromatic nitrogens is 3. The number of rotatable bonds is 3. The Morgan fingerprint density at radius 2 is 1.76 bits per heavy atom. The minimum Gasteiger partial charge on any atom is -0.328 e. The molecule has 0 bridgehead atoms. The van der Waals surface area contributed by atoms with E-state index in [4.69, 9.17) is 5.73 Å². The second-order valence-corrected chi connectivity index (χ2v) is 8.75. The Morgan fingerprint density at radius 1 is 1.00 bits per heavy atom. The van der Waals surface area contributed by atoms with Gasteiger partial charge in [-0.3, -0.25) is 9.36 Å². The summed E-state index contributed by atoms with van der Waals surface area (Å²) in [6.45, 7) is 2.03. The van der Waals surface area contributed by atoms with E-state index >= 15 is 0 Å². The molecular formula is C26H25FN4O2. The molecule has 1 fully saturated rings. The monoisotopic (exact) mass is 444 g/mol. The predicted octanol–water partition coefficient (Wildman–Crippen LogP) is 4.10. The summed E-state index contributed by atoms with van der Waals surface area (Å²) in [6.07, 6.45) is 3.77. The Balaban J connectivity index is 1.77. The SMILES string of the molecule is Cc1ccccc1-c1cccc(-n2c(=O)n(C3CCC(N)CC3)c(=O)c3cc(F)cnc32)c1. The van der Waals surface area contributed by atoms with Gasteiger partial charge in [0, 0.05) is 12.1 Å². The highest BCUT2D eigenvalue weighted by Crippen LogP contribution is 2.28. The molecule has 4 aromatic rings. The summed E-state index contributed by atoms with van der Waals surface area (Å²) in [6, 6.07) is 16.5. The van der Waals surface area contributed by atoms with Crippen LogP contribution < -0.4 is 17.0 Å². The zero-order valence-electron chi connectivity index (χ0n) is 18.4. The molecule has 0 amide bonds. The lowest BCUT2D eigenvalue weighted by atomic mass is 9.91. The number of hydrogen-bond donors (Lipinski definition) is 1. The molecule has 1 saturated carbocycles. The van der Waals surface area contributed by atoms with Crippen molar-refractivity contribution < 1.29 is 4.39 Å². The van der Waals surface area contributed by atoms with E-state index in [0.717, 1.165) is 41.8 Å². The topological polar surface area (TPSA) is 82.9 Å². The van der Waals surface area contributed by atoms with Crippen LogP contribution in [0.5, 0.6) is 0 Å². The molecule has 1 aliphatic rings. The van der Waals surface area contributed by atoms with E-state index < -0.39 is 17.1 Å². The van der Waals surface area contributed by atoms with E-state index in [0.29, 0.717) is 18.5 Å². The van der Waals surface area contributed by atoms with Gasteiger partial charge in [-0.15, -0.1) is 0 Å². The van der Waals surface area contributed by atoms with Gasteiger partial charge in [-0.05, 0) is 67.5 Å². The average molecular weight is 445 g/mol. The van der Waals surface area contributed by atoms with Gasteiger partial charge in [0.1, 0.15) is 5.82 Å². The summed E-state index contributed by atoms with van der Waals surface area (Å²) in [7, 11) is 0. The van der Waals surface area contributed by atoms with Gasteiger partial charge in [-0.2, -0.15) is 0 Å². The Labute approximate surface area is 190 Å². The molecule has 5 rings (SSSR count). The van der Waals surface area contributed by atoms with Crippen molar-refractivity contribution in [1.29, 1.82) is 0 Å². The van der Waals surface area contributed by atoms with Crippen LogP contribution in [-0.2, 0) is 0 Å². The highest BCUT2D eigenvalue weighted by Gasteiger charge is 2.26. The van der Waals surface area contributed by atoms with Gasteiger partial charge >= 0.3 is 5.69 Å². The average Bonchev–Trinajstić information content (AvgIpc) is 2.81. The van der Waals surface area contributed by atoms with E-state index in [9.17, 15) is 14.0 Å². The molecule has 168 valence electrons. The standard InChI is InChI=1S/C26H25FN4O2/c1-16-5-2-3-8-22(16)17-6-4-7-21(13-17)30-24-23(14-18(27)15-29-24)25(32)31(26(30)33)20-11-9-19(28)10-12-20/h2-8,13-15,19-20H,9-12,28H2,1H3. The maximum absolute atomic E-state index is 14.1. The van der Waals surface area contributed by atoms with Crippen molar-refractivity contribution in [3.05, 3.63) is 93.0 Å². The van der Waals surface area contributed by atoms with Crippen LogP contribution in [0.25, 0.3) is 27.8 Å². The fourth-order valence-corrected chi connectivity index (χ4v) is 4.81. The van der Waals surface area contributed by atoms with Gasteiger partial charge in [-0.25, -0.2) is 18.7 Å². The first-order chi connectivity index (χ1) is 15.9. The molecule has 33 heavy (non-hydrogen) atoms. The van der Waals surface area contributed by atoms with Gasteiger partial charge in [0.15, 0.2) is 5.65 Å². The quantitative estimate of drug-likeness (QED) is 0.516. The minimum atomic E-state index is -0.615. The number of fused-ring (bicyclic) bond motifs is 1. The summed E-state index contributed by atoms with van der Waals surface area (Å²) < 4.78 is 16.8. The van der Waals surface area contributed by atoms with E-state index in [1.807, 2.05) is 49.4 Å². The van der Waals surface area contributed by atoms with Gasteiger partial charge in [0.25, 0.3) is 5.56 Å². The van der Waals surface area contributed by atoms with Crippen LogP contribution in [-0.4, -0.2) is 20.2 Å². The first-order valence-corrected chi connectivity index (χ1v) is 11.2. The molecule has 0 aliphatic heterocycles. The highest BCUT2D eigenvalue weighted by molar-refractivity contribution is 5.77. The molecule has 2 heterocycles. The zero-order valence-corrected chi connectivity index (χ0v) is 18.4. The third-order valence-corrected chi connectivity index (χ3v) is 6.56. The first kappa shape index (κ1) is 21.3. The maximum Gasteiger partial charge on any atom is 0.337 e. The normalized spacial score (nSPS) is 18.5. The Morgan fingerprint density at radius 3 is 2.52 bits per heavy atom. The highest BCUT2D eigenvalue weighted by atomic mass is 19.1. The summed E-state index contributed by atoms with van der Waals surface area (Å²) in [5, 5.41) is 0.0887. The molecule has 0 radical (unpaired) electrons. The molecule has 2 aromatic carbocycles. The molecule has 0 spiro atoms.